The molecule has 0 nitrogen and oxygen atoms in total. The molecule has 0 aromatic heterocycles. The van der Waals surface area contributed by atoms with E-state index in [4.69, 9.17) is 0 Å². The molecule has 4 atom stereocenters. The Kier molecular flexibility index (Phi) is 0.788. The van der Waals surface area contributed by atoms with Crippen LogP contribution in [-0.4, -0.2) is 0 Å². The van der Waals surface area contributed by atoms with Crippen LogP contribution < -0.4 is 0 Å². The second-order valence-electron chi connectivity index (χ2n) is 5.15. The molecular formula is C12H14. The highest BCUT2D eigenvalue weighted by molar-refractivity contribution is 5.58. The SMILES string of the molecule is C=C1C2=C(C2)C2C[C@@H]3CC3CC12. The van der Waals surface area contributed by atoms with Crippen molar-refractivity contribution in [1.29, 1.82) is 0 Å². The minimum atomic E-state index is 0.910. The van der Waals surface area contributed by atoms with Crippen LogP contribution in [0.2, 0.25) is 0 Å². The van der Waals surface area contributed by atoms with Gasteiger partial charge < -0.3 is 0 Å². The third-order valence-electron chi connectivity index (χ3n) is 4.58. The molecule has 0 aromatic carbocycles. The summed E-state index contributed by atoms with van der Waals surface area (Å²) in [6.07, 6.45) is 5.90. The van der Waals surface area contributed by atoms with Gasteiger partial charge in [0.05, 0.1) is 0 Å². The quantitative estimate of drug-likeness (QED) is 0.508. The van der Waals surface area contributed by atoms with Gasteiger partial charge in [0.15, 0.2) is 0 Å². The number of allylic oxidation sites excluding steroid dienone is 3. The number of fused-ring (bicyclic) bond motifs is 3. The molecule has 0 saturated heterocycles. The third kappa shape index (κ3) is 0.542. The topological polar surface area (TPSA) is 0 Å². The summed E-state index contributed by atoms with van der Waals surface area (Å²) in [5.74, 6) is 4.14. The molecule has 12 heavy (non-hydrogen) atoms. The highest BCUT2D eigenvalue weighted by atomic mass is 14.6. The van der Waals surface area contributed by atoms with Gasteiger partial charge in [0.2, 0.25) is 0 Å². The molecule has 0 N–H and O–H groups in total. The van der Waals surface area contributed by atoms with Gasteiger partial charge in [0.1, 0.15) is 0 Å². The Balaban J connectivity index is 1.75. The van der Waals surface area contributed by atoms with Crippen molar-refractivity contribution < 1.29 is 0 Å². The van der Waals surface area contributed by atoms with Crippen LogP contribution in [0.5, 0.6) is 0 Å². The lowest BCUT2D eigenvalue weighted by molar-refractivity contribution is 0.310. The fourth-order valence-corrected chi connectivity index (χ4v) is 3.68. The first-order valence-electron chi connectivity index (χ1n) is 5.25. The van der Waals surface area contributed by atoms with E-state index in [1.807, 2.05) is 5.57 Å². The lowest BCUT2D eigenvalue weighted by Crippen LogP contribution is -2.19. The van der Waals surface area contributed by atoms with E-state index in [1.54, 1.807) is 17.6 Å². The Morgan fingerprint density at radius 2 is 1.75 bits per heavy atom. The van der Waals surface area contributed by atoms with Crippen LogP contribution >= 0.6 is 0 Å². The molecule has 0 bridgehead atoms. The van der Waals surface area contributed by atoms with E-state index in [0.717, 1.165) is 23.7 Å². The van der Waals surface area contributed by atoms with Gasteiger partial charge in [-0.1, -0.05) is 12.2 Å². The van der Waals surface area contributed by atoms with Crippen LogP contribution in [0.25, 0.3) is 0 Å². The number of hydrogen-bond acceptors (Lipinski definition) is 0. The predicted molar refractivity (Wildman–Crippen MR) is 48.6 cm³/mol. The van der Waals surface area contributed by atoms with Gasteiger partial charge in [-0.2, -0.15) is 0 Å². The maximum atomic E-state index is 4.26. The largest absolute Gasteiger partial charge is 0.0952 e. The molecule has 62 valence electrons. The summed E-state index contributed by atoms with van der Waals surface area (Å²) in [6.45, 7) is 4.26. The standard InChI is InChI=1S/C12H14/c1-6-9-3-7-2-8(7)4-11(9)12-5-10(6)12/h7-9,11H,1-5H2/t7?,8-,9?,11?/m0/s1. The summed E-state index contributed by atoms with van der Waals surface area (Å²) in [7, 11) is 0. The molecule has 0 amide bonds. The van der Waals surface area contributed by atoms with E-state index < -0.39 is 0 Å². The van der Waals surface area contributed by atoms with Crippen molar-refractivity contribution in [3.8, 4) is 0 Å². The normalized spacial score (nSPS) is 53.2. The molecule has 2 saturated carbocycles. The van der Waals surface area contributed by atoms with Gasteiger partial charge in [-0.05, 0) is 60.5 Å². The van der Waals surface area contributed by atoms with Crippen molar-refractivity contribution in [2.75, 3.05) is 0 Å². The van der Waals surface area contributed by atoms with Gasteiger partial charge >= 0.3 is 0 Å². The van der Waals surface area contributed by atoms with Gasteiger partial charge in [-0.15, -0.1) is 0 Å². The average Bonchev–Trinajstić information content (AvgIpc) is 2.95. The Morgan fingerprint density at radius 3 is 2.58 bits per heavy atom. The first-order valence-corrected chi connectivity index (χ1v) is 5.25. The lowest BCUT2D eigenvalue weighted by Gasteiger charge is -2.28. The summed E-state index contributed by atoms with van der Waals surface area (Å²) in [5.41, 5.74) is 5.04. The highest BCUT2D eigenvalue weighted by Gasteiger charge is 2.54. The second-order valence-corrected chi connectivity index (χ2v) is 5.15. The van der Waals surface area contributed by atoms with Gasteiger partial charge in [-0.25, -0.2) is 0 Å². The highest BCUT2D eigenvalue weighted by Crippen LogP contribution is 2.66. The summed E-state index contributed by atoms with van der Waals surface area (Å²) in [6, 6.07) is 0. The molecule has 0 heteroatoms. The number of hydrogen-bond donors (Lipinski definition) is 0. The van der Waals surface area contributed by atoms with Gasteiger partial charge in [0.25, 0.3) is 0 Å². The van der Waals surface area contributed by atoms with E-state index in [9.17, 15) is 0 Å². The Hall–Kier alpha value is -0.520. The fraction of sp³-hybridized carbons (Fsp3) is 0.667. The van der Waals surface area contributed by atoms with E-state index in [0.29, 0.717) is 0 Å². The van der Waals surface area contributed by atoms with Crippen LogP contribution in [0, 0.1) is 23.7 Å². The maximum absolute atomic E-state index is 4.26. The van der Waals surface area contributed by atoms with Crippen LogP contribution in [0.1, 0.15) is 25.7 Å². The first kappa shape index (κ1) is 6.01. The van der Waals surface area contributed by atoms with Crippen molar-refractivity contribution in [3.05, 3.63) is 23.3 Å². The van der Waals surface area contributed by atoms with Gasteiger partial charge in [-0.3, -0.25) is 0 Å². The van der Waals surface area contributed by atoms with Crippen LogP contribution in [0.4, 0.5) is 0 Å². The van der Waals surface area contributed by atoms with Crippen molar-refractivity contribution >= 4 is 0 Å². The molecule has 0 aromatic rings. The molecule has 3 unspecified atom stereocenters. The molecule has 0 radical (unpaired) electrons. The van der Waals surface area contributed by atoms with Crippen molar-refractivity contribution in [2.24, 2.45) is 23.7 Å². The smallest absolute Gasteiger partial charge is 0.00556 e. The summed E-state index contributed by atoms with van der Waals surface area (Å²) >= 11 is 0. The Bertz CT molecular complexity index is 318. The van der Waals surface area contributed by atoms with E-state index >= 15 is 0 Å². The van der Waals surface area contributed by atoms with E-state index in [-0.39, 0.29) is 0 Å². The van der Waals surface area contributed by atoms with Crippen LogP contribution in [-0.2, 0) is 0 Å². The molecular weight excluding hydrogens is 144 g/mol. The summed E-state index contributed by atoms with van der Waals surface area (Å²) < 4.78 is 0. The van der Waals surface area contributed by atoms with Gasteiger partial charge in [0, 0.05) is 0 Å². The minimum absolute atomic E-state index is 0.910. The molecule has 4 aliphatic rings. The minimum Gasteiger partial charge on any atom is -0.0952 e. The lowest BCUT2D eigenvalue weighted by atomic mass is 9.76. The Morgan fingerprint density at radius 1 is 1.00 bits per heavy atom. The van der Waals surface area contributed by atoms with Crippen molar-refractivity contribution in [3.63, 3.8) is 0 Å². The van der Waals surface area contributed by atoms with E-state index in [2.05, 4.69) is 6.58 Å². The van der Waals surface area contributed by atoms with Crippen LogP contribution in [0.3, 0.4) is 0 Å². The van der Waals surface area contributed by atoms with Crippen molar-refractivity contribution in [2.45, 2.75) is 25.7 Å². The monoisotopic (exact) mass is 158 g/mol. The predicted octanol–water partition coefficient (Wildman–Crippen LogP) is 2.92. The fourth-order valence-electron chi connectivity index (χ4n) is 3.68. The molecule has 0 spiro atoms. The molecule has 4 rings (SSSR count). The average molecular weight is 158 g/mol. The first-order chi connectivity index (χ1) is 5.84. The van der Waals surface area contributed by atoms with E-state index in [1.165, 1.54) is 19.3 Å². The molecule has 0 aliphatic heterocycles. The third-order valence-corrected chi connectivity index (χ3v) is 4.58. The summed E-state index contributed by atoms with van der Waals surface area (Å²) in [4.78, 5) is 0. The molecule has 4 aliphatic carbocycles. The summed E-state index contributed by atoms with van der Waals surface area (Å²) in [5, 5.41) is 0. The molecule has 2 fully saturated rings. The van der Waals surface area contributed by atoms with Crippen molar-refractivity contribution in [1.82, 2.24) is 0 Å². The van der Waals surface area contributed by atoms with Crippen LogP contribution in [0.15, 0.2) is 23.3 Å². The second kappa shape index (κ2) is 1.57. The zero-order valence-electron chi connectivity index (χ0n) is 7.34. The zero-order valence-corrected chi connectivity index (χ0v) is 7.34. The molecule has 0 heterocycles. The zero-order chi connectivity index (χ0) is 7.87. The maximum Gasteiger partial charge on any atom is -0.00556 e. The number of rotatable bonds is 0. The Labute approximate surface area is 73.4 Å².